The van der Waals surface area contributed by atoms with Crippen molar-refractivity contribution in [1.82, 2.24) is 10.6 Å². The lowest BCUT2D eigenvalue weighted by atomic mass is 9.96. The zero-order valence-electron chi connectivity index (χ0n) is 10.3. The Labute approximate surface area is 102 Å². The van der Waals surface area contributed by atoms with Gasteiger partial charge < -0.3 is 15.1 Å². The van der Waals surface area contributed by atoms with Crippen LogP contribution >= 0.6 is 0 Å². The molecule has 0 saturated carbocycles. The normalized spacial score (nSPS) is 20.2. The van der Waals surface area contributed by atoms with Crippen LogP contribution in [0.2, 0.25) is 0 Å². The maximum atomic E-state index is 11.7. The average molecular weight is 236 g/mol. The highest BCUT2D eigenvalue weighted by molar-refractivity contribution is 5.76. The van der Waals surface area contributed by atoms with Crippen molar-refractivity contribution in [3.8, 4) is 0 Å². The summed E-state index contributed by atoms with van der Waals surface area (Å²) in [7, 11) is 0. The first-order valence-electron chi connectivity index (χ1n) is 6.27. The van der Waals surface area contributed by atoms with E-state index in [9.17, 15) is 4.79 Å². The van der Waals surface area contributed by atoms with Crippen molar-refractivity contribution in [2.45, 2.75) is 32.7 Å². The zero-order valence-corrected chi connectivity index (χ0v) is 10.3. The van der Waals surface area contributed by atoms with E-state index in [-0.39, 0.29) is 5.91 Å². The fourth-order valence-electron chi connectivity index (χ4n) is 2.20. The van der Waals surface area contributed by atoms with E-state index in [1.54, 1.807) is 0 Å². The topological polar surface area (TPSA) is 54.3 Å². The van der Waals surface area contributed by atoms with Crippen LogP contribution in [-0.2, 0) is 11.3 Å². The zero-order chi connectivity index (χ0) is 12.1. The molecule has 94 valence electrons. The van der Waals surface area contributed by atoms with Gasteiger partial charge in [-0.1, -0.05) is 0 Å². The van der Waals surface area contributed by atoms with Crippen molar-refractivity contribution >= 4 is 5.91 Å². The summed E-state index contributed by atoms with van der Waals surface area (Å²) < 4.78 is 5.40. The molecule has 1 aromatic heterocycles. The highest BCUT2D eigenvalue weighted by Gasteiger charge is 2.16. The summed E-state index contributed by atoms with van der Waals surface area (Å²) in [5.41, 5.74) is 0. The highest BCUT2D eigenvalue weighted by atomic mass is 16.3. The van der Waals surface area contributed by atoms with Crippen molar-refractivity contribution in [2.24, 2.45) is 5.92 Å². The lowest BCUT2D eigenvalue weighted by Gasteiger charge is -2.21. The summed E-state index contributed by atoms with van der Waals surface area (Å²) >= 11 is 0. The first-order chi connectivity index (χ1) is 8.24. The molecule has 1 unspecified atom stereocenters. The summed E-state index contributed by atoms with van der Waals surface area (Å²) in [4.78, 5) is 11.7. The molecule has 17 heavy (non-hydrogen) atoms. The predicted octanol–water partition coefficient (Wildman–Crippen LogP) is 1.59. The molecule has 1 fully saturated rings. The third kappa shape index (κ3) is 3.89. The van der Waals surface area contributed by atoms with Crippen LogP contribution in [0, 0.1) is 12.8 Å². The van der Waals surface area contributed by atoms with E-state index in [4.69, 9.17) is 4.42 Å². The van der Waals surface area contributed by atoms with Crippen LogP contribution in [0.1, 0.15) is 30.8 Å². The van der Waals surface area contributed by atoms with Crippen LogP contribution in [0.25, 0.3) is 0 Å². The minimum absolute atomic E-state index is 0.118. The van der Waals surface area contributed by atoms with Gasteiger partial charge in [0.1, 0.15) is 11.5 Å². The molecule has 1 saturated heterocycles. The molecule has 1 atom stereocenters. The summed E-state index contributed by atoms with van der Waals surface area (Å²) in [5.74, 6) is 2.30. The second-order valence-electron chi connectivity index (χ2n) is 4.71. The maximum absolute atomic E-state index is 11.7. The van der Waals surface area contributed by atoms with E-state index >= 15 is 0 Å². The summed E-state index contributed by atoms with van der Waals surface area (Å²) in [5, 5.41) is 6.22. The van der Waals surface area contributed by atoms with Crippen molar-refractivity contribution in [1.29, 1.82) is 0 Å². The summed E-state index contributed by atoms with van der Waals surface area (Å²) in [6.07, 6.45) is 2.95. The number of nitrogens with one attached hydrogen (secondary N) is 2. The molecule has 4 nitrogen and oxygen atoms in total. The molecule has 0 bridgehead atoms. The van der Waals surface area contributed by atoms with Gasteiger partial charge in [-0.3, -0.25) is 4.79 Å². The van der Waals surface area contributed by atoms with Crippen LogP contribution in [0.5, 0.6) is 0 Å². The Balaban J connectivity index is 1.70. The van der Waals surface area contributed by atoms with E-state index < -0.39 is 0 Å². The molecule has 1 amide bonds. The maximum Gasteiger partial charge on any atom is 0.220 e. The van der Waals surface area contributed by atoms with Gasteiger partial charge in [-0.2, -0.15) is 0 Å². The first-order valence-corrected chi connectivity index (χ1v) is 6.27. The van der Waals surface area contributed by atoms with Crippen LogP contribution in [0.3, 0.4) is 0 Å². The number of furan rings is 1. The van der Waals surface area contributed by atoms with Gasteiger partial charge in [-0.15, -0.1) is 0 Å². The fourth-order valence-corrected chi connectivity index (χ4v) is 2.20. The highest BCUT2D eigenvalue weighted by Crippen LogP contribution is 2.13. The lowest BCUT2D eigenvalue weighted by Crippen LogP contribution is -2.34. The number of amides is 1. The second-order valence-corrected chi connectivity index (χ2v) is 4.71. The van der Waals surface area contributed by atoms with Crippen LogP contribution in [0.15, 0.2) is 16.5 Å². The van der Waals surface area contributed by atoms with Crippen LogP contribution < -0.4 is 10.6 Å². The number of aryl methyl sites for hydroxylation is 1. The average Bonchev–Trinajstić information content (AvgIpc) is 2.74. The molecule has 0 spiro atoms. The Morgan fingerprint density at radius 2 is 2.47 bits per heavy atom. The van der Waals surface area contributed by atoms with Crippen LogP contribution in [0.4, 0.5) is 0 Å². The van der Waals surface area contributed by atoms with Crippen molar-refractivity contribution in [3.63, 3.8) is 0 Å². The lowest BCUT2D eigenvalue weighted by molar-refractivity contribution is -0.122. The Kier molecular flexibility index (Phi) is 4.20. The number of rotatable bonds is 4. The molecule has 2 heterocycles. The predicted molar refractivity (Wildman–Crippen MR) is 65.5 cm³/mol. The molecule has 1 aliphatic heterocycles. The van der Waals surface area contributed by atoms with Gasteiger partial charge in [-0.05, 0) is 50.9 Å². The monoisotopic (exact) mass is 236 g/mol. The molecular weight excluding hydrogens is 216 g/mol. The van der Waals surface area contributed by atoms with Crippen molar-refractivity contribution in [3.05, 3.63) is 23.7 Å². The number of carbonyl (C=O) groups is 1. The van der Waals surface area contributed by atoms with Gasteiger partial charge in [0.15, 0.2) is 0 Å². The largest absolute Gasteiger partial charge is 0.465 e. The standard InChI is InChI=1S/C13H20N2O2/c1-10-4-5-12(17-10)9-15-13(16)7-11-3-2-6-14-8-11/h4-5,11,14H,2-3,6-9H2,1H3,(H,15,16). The van der Waals surface area contributed by atoms with E-state index in [2.05, 4.69) is 10.6 Å². The number of hydrogen-bond acceptors (Lipinski definition) is 3. The SMILES string of the molecule is Cc1ccc(CNC(=O)CC2CCCNC2)o1. The fraction of sp³-hybridized carbons (Fsp3) is 0.615. The van der Waals surface area contributed by atoms with E-state index in [0.29, 0.717) is 18.9 Å². The summed E-state index contributed by atoms with van der Waals surface area (Å²) in [6.45, 7) is 4.45. The molecule has 2 rings (SSSR count). The van der Waals surface area contributed by atoms with Crippen LogP contribution in [-0.4, -0.2) is 19.0 Å². The Hall–Kier alpha value is -1.29. The van der Waals surface area contributed by atoms with Gasteiger partial charge in [-0.25, -0.2) is 0 Å². The first kappa shape index (κ1) is 12.2. The van der Waals surface area contributed by atoms with E-state index in [1.807, 2.05) is 19.1 Å². The van der Waals surface area contributed by atoms with Gasteiger partial charge in [0.2, 0.25) is 5.91 Å². The quantitative estimate of drug-likeness (QED) is 0.834. The molecule has 1 aliphatic rings. The number of hydrogen-bond donors (Lipinski definition) is 2. The summed E-state index contributed by atoms with van der Waals surface area (Å²) in [6, 6.07) is 3.81. The van der Waals surface area contributed by atoms with Gasteiger partial charge in [0.25, 0.3) is 0 Å². The van der Waals surface area contributed by atoms with E-state index in [1.165, 1.54) is 6.42 Å². The third-order valence-corrected chi connectivity index (χ3v) is 3.13. The molecule has 4 heteroatoms. The molecule has 0 radical (unpaired) electrons. The molecule has 0 aliphatic carbocycles. The number of carbonyl (C=O) groups excluding carboxylic acids is 1. The second kappa shape index (κ2) is 5.87. The third-order valence-electron chi connectivity index (χ3n) is 3.13. The van der Waals surface area contributed by atoms with Crippen molar-refractivity contribution < 1.29 is 9.21 Å². The smallest absolute Gasteiger partial charge is 0.220 e. The minimum atomic E-state index is 0.118. The van der Waals surface area contributed by atoms with Crippen molar-refractivity contribution in [2.75, 3.05) is 13.1 Å². The van der Waals surface area contributed by atoms with Gasteiger partial charge in [0.05, 0.1) is 6.54 Å². The molecule has 0 aromatic carbocycles. The molecular formula is C13H20N2O2. The Morgan fingerprint density at radius 3 is 3.12 bits per heavy atom. The van der Waals surface area contributed by atoms with Gasteiger partial charge >= 0.3 is 0 Å². The molecule has 2 N–H and O–H groups in total. The number of piperidine rings is 1. The Bertz CT molecular complexity index is 367. The minimum Gasteiger partial charge on any atom is -0.465 e. The van der Waals surface area contributed by atoms with E-state index in [0.717, 1.165) is 31.0 Å². The molecule has 1 aromatic rings. The van der Waals surface area contributed by atoms with Gasteiger partial charge in [0, 0.05) is 6.42 Å². The Morgan fingerprint density at radius 1 is 1.59 bits per heavy atom.